The van der Waals surface area contributed by atoms with Gasteiger partial charge in [-0.2, -0.15) is 0 Å². The maximum atomic E-state index is 11.7. The SMILES string of the molecule is CCCC(C)OC(=O)CC(C)c1ccccc1. The summed E-state index contributed by atoms with van der Waals surface area (Å²) in [6.45, 7) is 6.10. The smallest absolute Gasteiger partial charge is 0.306 e. The van der Waals surface area contributed by atoms with Crippen molar-refractivity contribution in [2.45, 2.75) is 52.1 Å². The summed E-state index contributed by atoms with van der Waals surface area (Å²) in [7, 11) is 0. The molecule has 0 saturated heterocycles. The molecule has 0 heterocycles. The summed E-state index contributed by atoms with van der Waals surface area (Å²) in [4.78, 5) is 11.7. The molecule has 17 heavy (non-hydrogen) atoms. The van der Waals surface area contributed by atoms with Gasteiger partial charge in [0.2, 0.25) is 0 Å². The molecule has 0 N–H and O–H groups in total. The summed E-state index contributed by atoms with van der Waals surface area (Å²) in [5.74, 6) is 0.125. The van der Waals surface area contributed by atoms with Crippen LogP contribution in [0.5, 0.6) is 0 Å². The summed E-state index contributed by atoms with van der Waals surface area (Å²) in [5, 5.41) is 0. The Balaban J connectivity index is 2.41. The van der Waals surface area contributed by atoms with Crippen LogP contribution >= 0.6 is 0 Å². The van der Waals surface area contributed by atoms with E-state index in [2.05, 4.69) is 13.8 Å². The highest BCUT2D eigenvalue weighted by atomic mass is 16.5. The van der Waals surface area contributed by atoms with Gasteiger partial charge in [-0.3, -0.25) is 4.79 Å². The first kappa shape index (κ1) is 13.8. The van der Waals surface area contributed by atoms with Crippen molar-refractivity contribution in [2.75, 3.05) is 0 Å². The molecule has 1 aromatic rings. The summed E-state index contributed by atoms with van der Waals surface area (Å²) < 4.78 is 5.34. The van der Waals surface area contributed by atoms with Gasteiger partial charge in [-0.25, -0.2) is 0 Å². The van der Waals surface area contributed by atoms with Crippen LogP contribution in [-0.4, -0.2) is 12.1 Å². The molecule has 0 aromatic heterocycles. The van der Waals surface area contributed by atoms with Gasteiger partial charge >= 0.3 is 5.97 Å². The van der Waals surface area contributed by atoms with E-state index in [4.69, 9.17) is 4.74 Å². The van der Waals surface area contributed by atoms with Crippen molar-refractivity contribution in [1.82, 2.24) is 0 Å². The minimum absolute atomic E-state index is 0.0375. The van der Waals surface area contributed by atoms with E-state index in [0.717, 1.165) is 12.8 Å². The van der Waals surface area contributed by atoms with E-state index in [9.17, 15) is 4.79 Å². The van der Waals surface area contributed by atoms with Gasteiger partial charge in [0.05, 0.1) is 12.5 Å². The van der Waals surface area contributed by atoms with Crippen molar-refractivity contribution in [1.29, 1.82) is 0 Å². The van der Waals surface area contributed by atoms with E-state index in [1.807, 2.05) is 37.3 Å². The first-order valence-electron chi connectivity index (χ1n) is 6.38. The molecule has 0 saturated carbocycles. The van der Waals surface area contributed by atoms with Crippen LogP contribution in [0, 0.1) is 0 Å². The maximum Gasteiger partial charge on any atom is 0.306 e. The van der Waals surface area contributed by atoms with Crippen LogP contribution in [0.15, 0.2) is 30.3 Å². The van der Waals surface area contributed by atoms with E-state index >= 15 is 0 Å². The second-order valence-electron chi connectivity index (χ2n) is 4.61. The summed E-state index contributed by atoms with van der Waals surface area (Å²) in [6, 6.07) is 10.1. The fraction of sp³-hybridized carbons (Fsp3) is 0.533. The largest absolute Gasteiger partial charge is 0.463 e. The van der Waals surface area contributed by atoms with Crippen molar-refractivity contribution in [2.24, 2.45) is 0 Å². The fourth-order valence-electron chi connectivity index (χ4n) is 1.89. The fourth-order valence-corrected chi connectivity index (χ4v) is 1.89. The second-order valence-corrected chi connectivity index (χ2v) is 4.61. The van der Waals surface area contributed by atoms with Gasteiger partial charge in [-0.1, -0.05) is 50.6 Å². The maximum absolute atomic E-state index is 11.7. The van der Waals surface area contributed by atoms with Crippen LogP contribution in [0.4, 0.5) is 0 Å². The van der Waals surface area contributed by atoms with Crippen molar-refractivity contribution >= 4 is 5.97 Å². The third-order valence-corrected chi connectivity index (χ3v) is 2.87. The molecule has 0 fully saturated rings. The molecule has 94 valence electrons. The predicted octanol–water partition coefficient (Wildman–Crippen LogP) is 3.91. The Morgan fingerprint density at radius 1 is 1.24 bits per heavy atom. The van der Waals surface area contributed by atoms with E-state index in [1.54, 1.807) is 0 Å². The number of hydrogen-bond donors (Lipinski definition) is 0. The minimum atomic E-state index is -0.0951. The molecule has 2 atom stereocenters. The second kappa shape index (κ2) is 7.10. The predicted molar refractivity (Wildman–Crippen MR) is 69.9 cm³/mol. The number of ether oxygens (including phenoxy) is 1. The van der Waals surface area contributed by atoms with Crippen LogP contribution in [0.1, 0.15) is 51.5 Å². The lowest BCUT2D eigenvalue weighted by molar-refractivity contribution is -0.148. The molecule has 1 aromatic carbocycles. The number of rotatable bonds is 6. The molecule has 0 bridgehead atoms. The normalized spacial score (nSPS) is 14.1. The molecule has 0 radical (unpaired) electrons. The van der Waals surface area contributed by atoms with Gasteiger partial charge in [0, 0.05) is 0 Å². The van der Waals surface area contributed by atoms with Crippen molar-refractivity contribution in [3.63, 3.8) is 0 Å². The van der Waals surface area contributed by atoms with E-state index in [-0.39, 0.29) is 18.0 Å². The standard InChI is InChI=1S/C15H22O2/c1-4-8-13(3)17-15(16)11-12(2)14-9-6-5-7-10-14/h5-7,9-10,12-13H,4,8,11H2,1-3H3. The van der Waals surface area contributed by atoms with Crippen molar-refractivity contribution < 1.29 is 9.53 Å². The van der Waals surface area contributed by atoms with Crippen LogP contribution in [0.3, 0.4) is 0 Å². The van der Waals surface area contributed by atoms with Crippen molar-refractivity contribution in [3.8, 4) is 0 Å². The monoisotopic (exact) mass is 234 g/mol. The molecule has 2 nitrogen and oxygen atoms in total. The minimum Gasteiger partial charge on any atom is -0.463 e. The topological polar surface area (TPSA) is 26.3 Å². The number of carbonyl (C=O) groups is 1. The zero-order valence-electron chi connectivity index (χ0n) is 11.0. The average Bonchev–Trinajstić information content (AvgIpc) is 2.30. The Kier molecular flexibility index (Phi) is 5.75. The third kappa shape index (κ3) is 5.03. The number of carbonyl (C=O) groups excluding carboxylic acids is 1. The number of benzene rings is 1. The quantitative estimate of drug-likeness (QED) is 0.697. The van der Waals surface area contributed by atoms with E-state index in [1.165, 1.54) is 5.56 Å². The van der Waals surface area contributed by atoms with Crippen LogP contribution in [0.25, 0.3) is 0 Å². The molecule has 0 aliphatic rings. The molecular formula is C15H22O2. The van der Waals surface area contributed by atoms with E-state index in [0.29, 0.717) is 6.42 Å². The third-order valence-electron chi connectivity index (χ3n) is 2.87. The Morgan fingerprint density at radius 2 is 1.88 bits per heavy atom. The highest BCUT2D eigenvalue weighted by Gasteiger charge is 2.14. The highest BCUT2D eigenvalue weighted by Crippen LogP contribution is 2.19. The number of hydrogen-bond acceptors (Lipinski definition) is 2. The molecule has 0 aliphatic heterocycles. The lowest BCUT2D eigenvalue weighted by Gasteiger charge is -2.15. The average molecular weight is 234 g/mol. The van der Waals surface area contributed by atoms with Gasteiger partial charge in [0.15, 0.2) is 0 Å². The Bertz CT molecular complexity index is 332. The molecule has 0 amide bonds. The van der Waals surface area contributed by atoms with Gasteiger partial charge in [0.25, 0.3) is 0 Å². The molecule has 0 aliphatic carbocycles. The number of esters is 1. The Labute approximate surface area is 104 Å². The van der Waals surface area contributed by atoms with Crippen LogP contribution in [0.2, 0.25) is 0 Å². The van der Waals surface area contributed by atoms with Gasteiger partial charge < -0.3 is 4.74 Å². The first-order valence-corrected chi connectivity index (χ1v) is 6.38. The molecule has 0 spiro atoms. The lowest BCUT2D eigenvalue weighted by Crippen LogP contribution is -2.16. The molecule has 2 unspecified atom stereocenters. The first-order chi connectivity index (χ1) is 8.13. The van der Waals surface area contributed by atoms with Crippen molar-refractivity contribution in [3.05, 3.63) is 35.9 Å². The molecule has 1 rings (SSSR count). The van der Waals surface area contributed by atoms with Gasteiger partial charge in [-0.15, -0.1) is 0 Å². The zero-order chi connectivity index (χ0) is 12.7. The molecular weight excluding hydrogens is 212 g/mol. The van der Waals surface area contributed by atoms with Gasteiger partial charge in [0.1, 0.15) is 0 Å². The zero-order valence-corrected chi connectivity index (χ0v) is 11.0. The Morgan fingerprint density at radius 3 is 2.47 bits per heavy atom. The molecule has 2 heteroatoms. The van der Waals surface area contributed by atoms with Crippen LogP contribution in [-0.2, 0) is 9.53 Å². The Hall–Kier alpha value is -1.31. The van der Waals surface area contributed by atoms with Gasteiger partial charge in [-0.05, 0) is 24.8 Å². The van der Waals surface area contributed by atoms with Crippen LogP contribution < -0.4 is 0 Å². The highest BCUT2D eigenvalue weighted by molar-refractivity contribution is 5.70. The summed E-state index contributed by atoms with van der Waals surface area (Å²) in [5.41, 5.74) is 1.19. The van der Waals surface area contributed by atoms with E-state index < -0.39 is 0 Å². The lowest BCUT2D eigenvalue weighted by atomic mass is 9.98. The summed E-state index contributed by atoms with van der Waals surface area (Å²) >= 11 is 0. The summed E-state index contributed by atoms with van der Waals surface area (Å²) in [6.07, 6.45) is 2.47.